The molecule has 0 aromatic carbocycles. The van der Waals surface area contributed by atoms with Crippen molar-refractivity contribution < 1.29 is 5.21 Å². The standard InChI is InChI=1S/C8H7BrN6O/c9-5-1-2-6(11-3-5)15-4-12-8(13-15)7(10)14-16/h1-4,16H,(H2,10,14). The molecule has 0 unspecified atom stereocenters. The molecule has 2 aromatic rings. The van der Waals surface area contributed by atoms with Crippen LogP contribution >= 0.6 is 15.9 Å². The molecule has 0 saturated carbocycles. The number of oxime groups is 1. The van der Waals surface area contributed by atoms with Crippen molar-refractivity contribution in [3.63, 3.8) is 0 Å². The second-order valence-corrected chi connectivity index (χ2v) is 3.75. The summed E-state index contributed by atoms with van der Waals surface area (Å²) in [5.41, 5.74) is 5.34. The van der Waals surface area contributed by atoms with Crippen molar-refractivity contribution in [3.05, 3.63) is 35.0 Å². The maximum atomic E-state index is 8.46. The van der Waals surface area contributed by atoms with Crippen molar-refractivity contribution in [1.29, 1.82) is 0 Å². The van der Waals surface area contributed by atoms with Crippen LogP contribution in [0.5, 0.6) is 0 Å². The predicted octanol–water partition coefficient (Wildman–Crippen LogP) is 0.519. The Morgan fingerprint density at radius 3 is 2.88 bits per heavy atom. The Morgan fingerprint density at radius 2 is 2.25 bits per heavy atom. The molecule has 16 heavy (non-hydrogen) atoms. The zero-order valence-corrected chi connectivity index (χ0v) is 9.53. The van der Waals surface area contributed by atoms with Gasteiger partial charge in [0.15, 0.2) is 5.82 Å². The molecule has 82 valence electrons. The molecule has 0 aliphatic rings. The molecule has 3 N–H and O–H groups in total. The third-order valence-electron chi connectivity index (χ3n) is 1.78. The average molecular weight is 283 g/mol. The van der Waals surface area contributed by atoms with Crippen molar-refractivity contribution in [2.45, 2.75) is 0 Å². The Kier molecular flexibility index (Phi) is 2.82. The Morgan fingerprint density at radius 1 is 1.44 bits per heavy atom. The van der Waals surface area contributed by atoms with Gasteiger partial charge in [-0.05, 0) is 28.1 Å². The maximum Gasteiger partial charge on any atom is 0.220 e. The minimum atomic E-state index is -0.143. The van der Waals surface area contributed by atoms with Crippen LogP contribution in [0.25, 0.3) is 5.82 Å². The van der Waals surface area contributed by atoms with Gasteiger partial charge >= 0.3 is 0 Å². The van der Waals surface area contributed by atoms with Crippen LogP contribution in [0.1, 0.15) is 5.82 Å². The lowest BCUT2D eigenvalue weighted by Crippen LogP contribution is -2.15. The molecular formula is C8H7BrN6O. The zero-order chi connectivity index (χ0) is 11.5. The van der Waals surface area contributed by atoms with E-state index in [1.165, 1.54) is 11.0 Å². The van der Waals surface area contributed by atoms with Gasteiger partial charge < -0.3 is 10.9 Å². The average Bonchev–Trinajstić information content (AvgIpc) is 2.78. The highest BCUT2D eigenvalue weighted by atomic mass is 79.9. The van der Waals surface area contributed by atoms with E-state index in [2.05, 4.69) is 36.2 Å². The van der Waals surface area contributed by atoms with Gasteiger partial charge in [0.2, 0.25) is 11.7 Å². The molecule has 0 amide bonds. The molecule has 7 nitrogen and oxygen atoms in total. The number of amidine groups is 1. The fourth-order valence-corrected chi connectivity index (χ4v) is 1.27. The summed E-state index contributed by atoms with van der Waals surface area (Å²) >= 11 is 3.28. The minimum absolute atomic E-state index is 0.143. The lowest BCUT2D eigenvalue weighted by atomic mass is 10.5. The van der Waals surface area contributed by atoms with E-state index < -0.39 is 0 Å². The molecule has 0 bridgehead atoms. The first-order chi connectivity index (χ1) is 7.70. The summed E-state index contributed by atoms with van der Waals surface area (Å²) in [4.78, 5) is 7.99. The van der Waals surface area contributed by atoms with Crippen LogP contribution < -0.4 is 5.73 Å². The Labute approximate surface area is 98.8 Å². The fraction of sp³-hybridized carbons (Fsp3) is 0. The minimum Gasteiger partial charge on any atom is -0.409 e. The predicted molar refractivity (Wildman–Crippen MR) is 59.4 cm³/mol. The van der Waals surface area contributed by atoms with Crippen molar-refractivity contribution in [3.8, 4) is 5.82 Å². The zero-order valence-electron chi connectivity index (χ0n) is 7.95. The second kappa shape index (κ2) is 4.27. The lowest BCUT2D eigenvalue weighted by molar-refractivity contribution is 0.318. The number of pyridine rings is 1. The van der Waals surface area contributed by atoms with Crippen LogP contribution in [0, 0.1) is 0 Å². The van der Waals surface area contributed by atoms with Crippen LogP contribution in [0.2, 0.25) is 0 Å². The quantitative estimate of drug-likeness (QED) is 0.362. The molecule has 0 fully saturated rings. The topological polar surface area (TPSA) is 102 Å². The molecule has 2 heterocycles. The Hall–Kier alpha value is -1.96. The first kappa shape index (κ1) is 10.6. The van der Waals surface area contributed by atoms with Gasteiger partial charge in [-0.2, -0.15) is 0 Å². The summed E-state index contributed by atoms with van der Waals surface area (Å²) in [6.45, 7) is 0. The molecule has 0 atom stereocenters. The summed E-state index contributed by atoms with van der Waals surface area (Å²) in [5.74, 6) is 0.593. The first-order valence-corrected chi connectivity index (χ1v) is 5.01. The van der Waals surface area contributed by atoms with Crippen molar-refractivity contribution in [2.75, 3.05) is 0 Å². The van der Waals surface area contributed by atoms with Gasteiger partial charge in [0, 0.05) is 10.7 Å². The van der Waals surface area contributed by atoms with E-state index in [0.717, 1.165) is 4.47 Å². The number of hydrogen-bond acceptors (Lipinski definition) is 5. The Bertz CT molecular complexity index is 520. The highest BCUT2D eigenvalue weighted by Gasteiger charge is 2.07. The second-order valence-electron chi connectivity index (χ2n) is 2.83. The van der Waals surface area contributed by atoms with E-state index in [1.54, 1.807) is 12.3 Å². The highest BCUT2D eigenvalue weighted by Crippen LogP contribution is 2.09. The van der Waals surface area contributed by atoms with Gasteiger partial charge in [0.1, 0.15) is 6.33 Å². The van der Waals surface area contributed by atoms with E-state index in [1.807, 2.05) is 6.07 Å². The summed E-state index contributed by atoms with van der Waals surface area (Å²) in [5, 5.41) is 15.3. The van der Waals surface area contributed by atoms with E-state index >= 15 is 0 Å². The van der Waals surface area contributed by atoms with Gasteiger partial charge in [-0.15, -0.1) is 5.10 Å². The molecule has 0 aliphatic carbocycles. The molecule has 0 aliphatic heterocycles. The van der Waals surface area contributed by atoms with Crippen LogP contribution in [0.15, 0.2) is 34.3 Å². The number of aromatic nitrogens is 4. The van der Waals surface area contributed by atoms with Gasteiger partial charge in [-0.1, -0.05) is 5.16 Å². The summed E-state index contributed by atoms with van der Waals surface area (Å²) in [7, 11) is 0. The van der Waals surface area contributed by atoms with E-state index in [-0.39, 0.29) is 11.7 Å². The first-order valence-electron chi connectivity index (χ1n) is 4.22. The molecule has 0 saturated heterocycles. The van der Waals surface area contributed by atoms with Crippen LogP contribution in [0.3, 0.4) is 0 Å². The van der Waals surface area contributed by atoms with E-state index in [9.17, 15) is 0 Å². The van der Waals surface area contributed by atoms with Gasteiger partial charge in [-0.3, -0.25) is 0 Å². The smallest absolute Gasteiger partial charge is 0.220 e. The van der Waals surface area contributed by atoms with Gasteiger partial charge in [0.25, 0.3) is 0 Å². The van der Waals surface area contributed by atoms with Crippen molar-refractivity contribution in [1.82, 2.24) is 19.7 Å². The molecule has 0 radical (unpaired) electrons. The Balaban J connectivity index is 2.35. The van der Waals surface area contributed by atoms with Crippen molar-refractivity contribution in [2.24, 2.45) is 10.9 Å². The van der Waals surface area contributed by atoms with Gasteiger partial charge in [0.05, 0.1) is 0 Å². The monoisotopic (exact) mass is 282 g/mol. The number of nitrogens with two attached hydrogens (primary N) is 1. The molecule has 2 rings (SSSR count). The lowest BCUT2D eigenvalue weighted by Gasteiger charge is -1.97. The fourth-order valence-electron chi connectivity index (χ4n) is 1.04. The van der Waals surface area contributed by atoms with Crippen LogP contribution in [-0.4, -0.2) is 30.8 Å². The normalized spacial score (nSPS) is 11.7. The number of hydrogen-bond donors (Lipinski definition) is 2. The summed E-state index contributed by atoms with van der Waals surface area (Å²) in [6, 6.07) is 3.59. The van der Waals surface area contributed by atoms with Gasteiger partial charge in [-0.25, -0.2) is 14.6 Å². The van der Waals surface area contributed by atoms with Crippen LogP contribution in [-0.2, 0) is 0 Å². The summed E-state index contributed by atoms with van der Waals surface area (Å²) < 4.78 is 2.30. The SMILES string of the molecule is NC(=NO)c1ncn(-c2ccc(Br)cn2)n1. The maximum absolute atomic E-state index is 8.46. The third-order valence-corrected chi connectivity index (χ3v) is 2.24. The molecular weight excluding hydrogens is 276 g/mol. The number of halogens is 1. The molecule has 8 heteroatoms. The summed E-state index contributed by atoms with van der Waals surface area (Å²) in [6.07, 6.45) is 3.07. The van der Waals surface area contributed by atoms with E-state index in [4.69, 9.17) is 10.9 Å². The third kappa shape index (κ3) is 2.01. The highest BCUT2D eigenvalue weighted by molar-refractivity contribution is 9.10. The number of nitrogens with zero attached hydrogens (tertiary/aromatic N) is 5. The van der Waals surface area contributed by atoms with Crippen LogP contribution in [0.4, 0.5) is 0 Å². The van der Waals surface area contributed by atoms with Crippen molar-refractivity contribution >= 4 is 21.8 Å². The van der Waals surface area contributed by atoms with E-state index in [0.29, 0.717) is 5.82 Å². The molecule has 0 spiro atoms. The molecule has 2 aromatic heterocycles. The number of rotatable bonds is 2. The largest absolute Gasteiger partial charge is 0.409 e.